The van der Waals surface area contributed by atoms with Gasteiger partial charge in [-0.15, -0.1) is 0 Å². The fourth-order valence-electron chi connectivity index (χ4n) is 3.81. The maximum absolute atomic E-state index is 13.0. The monoisotopic (exact) mass is 461 g/mol. The van der Waals surface area contributed by atoms with Crippen molar-refractivity contribution in [1.82, 2.24) is 19.7 Å². The van der Waals surface area contributed by atoms with Crippen LogP contribution in [0.4, 0.5) is 18.9 Å². The lowest BCUT2D eigenvalue weighted by Crippen LogP contribution is -2.50. The Kier molecular flexibility index (Phi) is 5.96. The molecule has 174 valence electrons. The molecule has 1 amide bonds. The molecular formula is C22H22F3N5O3. The molecule has 11 heteroatoms. The van der Waals surface area contributed by atoms with Crippen LogP contribution in [0, 0.1) is 6.92 Å². The number of amides is 1. The summed E-state index contributed by atoms with van der Waals surface area (Å²) in [7, 11) is 1.76. The van der Waals surface area contributed by atoms with Crippen molar-refractivity contribution in [2.24, 2.45) is 7.05 Å². The number of piperazine rings is 1. The Hall–Kier alpha value is -3.63. The van der Waals surface area contributed by atoms with Crippen molar-refractivity contribution in [2.75, 3.05) is 37.7 Å². The number of aromatic nitrogens is 3. The predicted octanol–water partition coefficient (Wildman–Crippen LogP) is 2.80. The number of benzene rings is 1. The normalized spacial score (nSPS) is 14.6. The number of aryl methyl sites for hydroxylation is 2. The second-order valence-corrected chi connectivity index (χ2v) is 7.80. The zero-order chi connectivity index (χ0) is 23.8. The van der Waals surface area contributed by atoms with Gasteiger partial charge < -0.3 is 14.5 Å². The van der Waals surface area contributed by atoms with Crippen molar-refractivity contribution in [3.8, 4) is 0 Å². The molecule has 1 saturated heterocycles. The van der Waals surface area contributed by atoms with Gasteiger partial charge in [0.25, 0.3) is 5.91 Å². The summed E-state index contributed by atoms with van der Waals surface area (Å²) >= 11 is 0. The van der Waals surface area contributed by atoms with Crippen LogP contribution in [0.25, 0.3) is 11.0 Å². The topological polar surface area (TPSA) is 80.6 Å². The summed E-state index contributed by atoms with van der Waals surface area (Å²) in [5.41, 5.74) is 1.33. The molecule has 0 aliphatic carbocycles. The Balaban J connectivity index is 1.31. The maximum Gasteiger partial charge on any atom is 0.416 e. The van der Waals surface area contributed by atoms with Gasteiger partial charge in [-0.25, -0.2) is 9.78 Å². The lowest BCUT2D eigenvalue weighted by atomic mass is 10.1. The molecule has 0 radical (unpaired) electrons. The number of rotatable bonds is 4. The molecule has 1 aliphatic rings. The molecule has 8 nitrogen and oxygen atoms in total. The molecule has 33 heavy (non-hydrogen) atoms. The lowest BCUT2D eigenvalue weighted by Gasteiger charge is -2.36. The summed E-state index contributed by atoms with van der Waals surface area (Å²) in [5.74, 6) is -1.03. The molecule has 0 bridgehead atoms. The second kappa shape index (κ2) is 8.72. The van der Waals surface area contributed by atoms with E-state index in [0.29, 0.717) is 37.5 Å². The largest absolute Gasteiger partial charge is 0.452 e. The Morgan fingerprint density at radius 3 is 2.55 bits per heavy atom. The third kappa shape index (κ3) is 4.76. The quantitative estimate of drug-likeness (QED) is 0.556. The molecule has 3 heterocycles. The zero-order valence-electron chi connectivity index (χ0n) is 18.1. The minimum atomic E-state index is -4.41. The summed E-state index contributed by atoms with van der Waals surface area (Å²) in [6, 6.07) is 6.75. The fourth-order valence-corrected chi connectivity index (χ4v) is 3.81. The molecule has 0 saturated carbocycles. The van der Waals surface area contributed by atoms with Crippen LogP contribution in [0.1, 0.15) is 21.6 Å². The average molecular weight is 461 g/mol. The minimum absolute atomic E-state index is 0.223. The molecule has 0 spiro atoms. The van der Waals surface area contributed by atoms with Crippen LogP contribution in [-0.2, 0) is 22.8 Å². The van der Waals surface area contributed by atoms with Gasteiger partial charge in [-0.3, -0.25) is 9.48 Å². The minimum Gasteiger partial charge on any atom is -0.452 e. The van der Waals surface area contributed by atoms with Gasteiger partial charge in [0.15, 0.2) is 12.3 Å². The number of carbonyl (C=O) groups is 2. The highest BCUT2D eigenvalue weighted by Gasteiger charge is 2.31. The van der Waals surface area contributed by atoms with Crippen molar-refractivity contribution in [1.29, 1.82) is 0 Å². The molecule has 1 fully saturated rings. The van der Waals surface area contributed by atoms with Crippen LogP contribution in [0.3, 0.4) is 0 Å². The third-order valence-electron chi connectivity index (χ3n) is 5.60. The molecule has 0 N–H and O–H groups in total. The van der Waals surface area contributed by atoms with E-state index in [1.54, 1.807) is 28.8 Å². The summed E-state index contributed by atoms with van der Waals surface area (Å²) < 4.78 is 45.6. The van der Waals surface area contributed by atoms with Crippen LogP contribution in [0.2, 0.25) is 0 Å². The number of carbonyl (C=O) groups excluding carboxylic acids is 2. The summed E-state index contributed by atoms with van der Waals surface area (Å²) in [5, 5.41) is 4.98. The SMILES string of the molecule is Cc1nn(C)c2ncc(C(=O)OCC(=O)N3CCN(c4cccc(C(F)(F)F)c4)CC3)cc12. The number of ether oxygens (including phenoxy) is 1. The van der Waals surface area contributed by atoms with E-state index in [-0.39, 0.29) is 11.5 Å². The van der Waals surface area contributed by atoms with E-state index in [9.17, 15) is 22.8 Å². The molecule has 1 aliphatic heterocycles. The van der Waals surface area contributed by atoms with E-state index in [2.05, 4.69) is 10.1 Å². The van der Waals surface area contributed by atoms with E-state index >= 15 is 0 Å². The fraction of sp³-hybridized carbons (Fsp3) is 0.364. The van der Waals surface area contributed by atoms with Crippen molar-refractivity contribution in [3.63, 3.8) is 0 Å². The van der Waals surface area contributed by atoms with Crippen molar-refractivity contribution in [3.05, 3.63) is 53.3 Å². The van der Waals surface area contributed by atoms with E-state index in [1.807, 2.05) is 6.92 Å². The summed E-state index contributed by atoms with van der Waals surface area (Å²) in [4.78, 5) is 32.4. The number of hydrogen-bond donors (Lipinski definition) is 0. The number of esters is 1. The van der Waals surface area contributed by atoms with Crippen molar-refractivity contribution in [2.45, 2.75) is 13.1 Å². The Morgan fingerprint density at radius 2 is 1.85 bits per heavy atom. The molecule has 3 aromatic rings. The van der Waals surface area contributed by atoms with E-state index in [4.69, 9.17) is 4.74 Å². The Morgan fingerprint density at radius 1 is 1.12 bits per heavy atom. The summed E-state index contributed by atoms with van der Waals surface area (Å²) in [6.45, 7) is 2.77. The van der Waals surface area contributed by atoms with Gasteiger partial charge in [-0.2, -0.15) is 18.3 Å². The molecule has 4 rings (SSSR count). The van der Waals surface area contributed by atoms with Gasteiger partial charge in [0.1, 0.15) is 0 Å². The van der Waals surface area contributed by atoms with Crippen LogP contribution in [-0.4, -0.2) is 64.3 Å². The zero-order valence-corrected chi connectivity index (χ0v) is 18.1. The molecule has 0 atom stereocenters. The van der Waals surface area contributed by atoms with Crippen LogP contribution in [0.5, 0.6) is 0 Å². The van der Waals surface area contributed by atoms with E-state index < -0.39 is 24.3 Å². The van der Waals surface area contributed by atoms with Gasteiger partial charge in [0.2, 0.25) is 0 Å². The maximum atomic E-state index is 13.0. The number of anilines is 1. The average Bonchev–Trinajstić information content (AvgIpc) is 3.09. The number of alkyl halides is 3. The first-order valence-corrected chi connectivity index (χ1v) is 10.3. The Labute approximate surface area is 187 Å². The van der Waals surface area contributed by atoms with Gasteiger partial charge in [0, 0.05) is 50.5 Å². The van der Waals surface area contributed by atoms with Gasteiger partial charge >= 0.3 is 12.1 Å². The van der Waals surface area contributed by atoms with Gasteiger partial charge in [-0.1, -0.05) is 6.07 Å². The highest BCUT2D eigenvalue weighted by molar-refractivity contribution is 5.94. The standard InChI is InChI=1S/C22H22F3N5O3/c1-14-18-10-15(12-26-20(18)28(2)27-14)21(32)33-13-19(31)30-8-6-29(7-9-30)17-5-3-4-16(11-17)22(23,24)25/h3-5,10-12H,6-9,13H2,1-2H3. The van der Waals surface area contributed by atoms with E-state index in [0.717, 1.165) is 23.2 Å². The van der Waals surface area contributed by atoms with Crippen LogP contribution in [0.15, 0.2) is 36.5 Å². The number of hydrogen-bond acceptors (Lipinski definition) is 6. The van der Waals surface area contributed by atoms with Crippen molar-refractivity contribution >= 4 is 28.6 Å². The molecule has 0 unspecified atom stereocenters. The number of pyridine rings is 1. The first kappa shape index (κ1) is 22.6. The number of halogens is 3. The number of fused-ring (bicyclic) bond motifs is 1. The number of nitrogens with zero attached hydrogens (tertiary/aromatic N) is 5. The van der Waals surface area contributed by atoms with Crippen LogP contribution >= 0.6 is 0 Å². The molecular weight excluding hydrogens is 439 g/mol. The van der Waals surface area contributed by atoms with Gasteiger partial charge in [0.05, 0.1) is 16.8 Å². The third-order valence-corrected chi connectivity index (χ3v) is 5.60. The molecule has 1 aromatic carbocycles. The first-order chi connectivity index (χ1) is 15.6. The predicted molar refractivity (Wildman–Crippen MR) is 114 cm³/mol. The van der Waals surface area contributed by atoms with Gasteiger partial charge in [-0.05, 0) is 31.2 Å². The smallest absolute Gasteiger partial charge is 0.416 e. The van der Waals surface area contributed by atoms with Crippen molar-refractivity contribution < 1.29 is 27.5 Å². The second-order valence-electron chi connectivity index (χ2n) is 7.80. The first-order valence-electron chi connectivity index (χ1n) is 10.3. The highest BCUT2D eigenvalue weighted by atomic mass is 19.4. The van der Waals surface area contributed by atoms with E-state index in [1.165, 1.54) is 17.2 Å². The van der Waals surface area contributed by atoms with Crippen LogP contribution < -0.4 is 4.90 Å². The summed E-state index contributed by atoms with van der Waals surface area (Å²) in [6.07, 6.45) is -3.03. The molecule has 2 aromatic heterocycles. The highest BCUT2D eigenvalue weighted by Crippen LogP contribution is 2.31. The Bertz CT molecular complexity index is 1200. The lowest BCUT2D eigenvalue weighted by molar-refractivity contribution is -0.137.